The van der Waals surface area contributed by atoms with E-state index in [0.29, 0.717) is 5.09 Å². The van der Waals surface area contributed by atoms with E-state index < -0.39 is 0 Å². The second-order valence-electron chi connectivity index (χ2n) is 0.496. The molecule has 0 fully saturated rings. The van der Waals surface area contributed by atoms with Crippen LogP contribution in [0.2, 0.25) is 0 Å². The molecule has 3 radical (unpaired) electrons. The van der Waals surface area contributed by atoms with Crippen molar-refractivity contribution in [3.05, 3.63) is 11.7 Å². The lowest BCUT2D eigenvalue weighted by Crippen LogP contribution is -1.69. The fourth-order valence-corrected chi connectivity index (χ4v) is 0. The van der Waals surface area contributed by atoms with Crippen LogP contribution in [0.4, 0.5) is 0 Å². The fourth-order valence-electron chi connectivity index (χ4n) is 0. The molecule has 0 bridgehead atoms. The van der Waals surface area contributed by atoms with Crippen LogP contribution >= 0.6 is 12.6 Å². The molecule has 0 N–H and O–H groups in total. The van der Waals surface area contributed by atoms with Gasteiger partial charge in [-0.2, -0.15) is 0 Å². The van der Waals surface area contributed by atoms with Crippen LogP contribution in [-0.4, -0.2) is 10.5 Å². The highest BCUT2D eigenvalue weighted by atomic mass is 32.1. The Labute approximate surface area is 40.0 Å². The molecule has 0 aliphatic rings. The van der Waals surface area contributed by atoms with Crippen molar-refractivity contribution in [3.8, 4) is 0 Å². The molecule has 0 rings (SSSR count). The summed E-state index contributed by atoms with van der Waals surface area (Å²) in [5.74, 6) is 0. The van der Waals surface area contributed by atoms with Gasteiger partial charge in [-0.05, 0) is 0 Å². The average Bonchev–Trinajstić information content (AvgIpc) is 1.38. The van der Waals surface area contributed by atoms with E-state index in [1.165, 1.54) is 0 Å². The van der Waals surface area contributed by atoms with E-state index in [-0.39, 0.29) is 0 Å². The van der Waals surface area contributed by atoms with Crippen LogP contribution in [0.1, 0.15) is 0 Å². The lowest BCUT2D eigenvalue weighted by Gasteiger charge is -1.86. The molecule has 0 atom stereocenters. The number of rotatable bonds is 1. The van der Waals surface area contributed by atoms with Gasteiger partial charge >= 0.3 is 10.5 Å². The summed E-state index contributed by atoms with van der Waals surface area (Å²) in [5.41, 5.74) is 0. The van der Waals surface area contributed by atoms with E-state index >= 15 is 0 Å². The minimum absolute atomic E-state index is 0.363. The Morgan fingerprint density at radius 3 is 2.20 bits per heavy atom. The molecule has 27 valence electrons. The van der Waals surface area contributed by atoms with Gasteiger partial charge in [0.15, 0.2) is 0 Å². The first-order chi connectivity index (χ1) is 2.27. The van der Waals surface area contributed by atoms with Gasteiger partial charge in [0.05, 0.1) is 0 Å². The SMILES string of the molecule is C=C(S)O[Si]. The van der Waals surface area contributed by atoms with Gasteiger partial charge < -0.3 is 4.43 Å². The molecule has 0 unspecified atom stereocenters. The fraction of sp³-hybridized carbons (Fsp3) is 0. The van der Waals surface area contributed by atoms with Gasteiger partial charge in [0.2, 0.25) is 0 Å². The molecule has 0 spiro atoms. The van der Waals surface area contributed by atoms with E-state index in [1.807, 2.05) is 0 Å². The minimum Gasteiger partial charge on any atom is -0.537 e. The summed E-state index contributed by atoms with van der Waals surface area (Å²) in [6, 6.07) is 0. The Kier molecular flexibility index (Phi) is 2.40. The van der Waals surface area contributed by atoms with Gasteiger partial charge in [-0.15, -0.1) is 12.6 Å². The summed E-state index contributed by atoms with van der Waals surface area (Å²) in [5, 5.41) is 0.363. The summed E-state index contributed by atoms with van der Waals surface area (Å²) in [4.78, 5) is 0. The molecular weight excluding hydrogens is 100 g/mol. The van der Waals surface area contributed by atoms with Crippen LogP contribution < -0.4 is 0 Å². The average molecular weight is 103 g/mol. The molecule has 0 saturated carbocycles. The van der Waals surface area contributed by atoms with E-state index in [2.05, 4.69) is 34.1 Å². The molecule has 0 amide bonds. The van der Waals surface area contributed by atoms with Gasteiger partial charge in [0.1, 0.15) is 5.09 Å². The van der Waals surface area contributed by atoms with E-state index in [0.717, 1.165) is 0 Å². The smallest absolute Gasteiger partial charge is 0.341 e. The van der Waals surface area contributed by atoms with E-state index in [9.17, 15) is 0 Å². The lowest BCUT2D eigenvalue weighted by molar-refractivity contribution is 0.522. The molecule has 5 heavy (non-hydrogen) atoms. The van der Waals surface area contributed by atoms with E-state index in [1.54, 1.807) is 0 Å². The van der Waals surface area contributed by atoms with Crippen LogP contribution in [0.25, 0.3) is 0 Å². The van der Waals surface area contributed by atoms with Crippen molar-refractivity contribution in [1.82, 2.24) is 0 Å². The normalized spacial score (nSPS) is 6.80. The van der Waals surface area contributed by atoms with Gasteiger partial charge in [-0.25, -0.2) is 0 Å². The van der Waals surface area contributed by atoms with Crippen LogP contribution in [-0.2, 0) is 4.43 Å². The summed E-state index contributed by atoms with van der Waals surface area (Å²) >= 11 is 3.63. The quantitative estimate of drug-likeness (QED) is 0.289. The predicted molar refractivity (Wildman–Crippen MR) is 25.0 cm³/mol. The Balaban J connectivity index is 2.85. The molecular formula is C2H3OSSi. The molecule has 0 aliphatic carbocycles. The van der Waals surface area contributed by atoms with Crippen molar-refractivity contribution in [2.24, 2.45) is 0 Å². The topological polar surface area (TPSA) is 9.23 Å². The Hall–Kier alpha value is 0.107. The van der Waals surface area contributed by atoms with Gasteiger partial charge in [-0.3, -0.25) is 0 Å². The highest BCUT2D eigenvalue weighted by Crippen LogP contribution is 1.90. The van der Waals surface area contributed by atoms with Crippen LogP contribution in [0.3, 0.4) is 0 Å². The number of hydrogen-bond donors (Lipinski definition) is 1. The Morgan fingerprint density at radius 2 is 2.20 bits per heavy atom. The van der Waals surface area contributed by atoms with E-state index in [4.69, 9.17) is 0 Å². The minimum atomic E-state index is 0.363. The predicted octanol–water partition coefficient (Wildman–Crippen LogP) is 0.487. The third kappa shape index (κ3) is 4.11. The van der Waals surface area contributed by atoms with Crippen molar-refractivity contribution >= 4 is 23.1 Å². The molecule has 3 heteroatoms. The maximum absolute atomic E-state index is 4.23. The van der Waals surface area contributed by atoms with Crippen molar-refractivity contribution < 1.29 is 4.43 Å². The third-order valence-electron chi connectivity index (χ3n) is 0.118. The summed E-state index contributed by atoms with van der Waals surface area (Å²) in [6.07, 6.45) is 0. The highest BCUT2D eigenvalue weighted by molar-refractivity contribution is 7.84. The third-order valence-corrected chi connectivity index (χ3v) is 0.627. The Bertz CT molecular complexity index is 44.9. The van der Waals surface area contributed by atoms with Crippen LogP contribution in [0.15, 0.2) is 11.7 Å². The summed E-state index contributed by atoms with van der Waals surface area (Å²) in [7, 11) is 2.68. The van der Waals surface area contributed by atoms with Gasteiger partial charge in [-0.1, -0.05) is 6.58 Å². The molecule has 1 nitrogen and oxygen atoms in total. The molecule has 0 saturated heterocycles. The first-order valence-corrected chi connectivity index (χ1v) is 1.84. The van der Waals surface area contributed by atoms with Crippen molar-refractivity contribution in [3.63, 3.8) is 0 Å². The first kappa shape index (κ1) is 5.11. The zero-order valence-electron chi connectivity index (χ0n) is 2.56. The molecule has 0 aliphatic heterocycles. The zero-order chi connectivity index (χ0) is 4.28. The maximum Gasteiger partial charge on any atom is 0.341 e. The first-order valence-electron chi connectivity index (χ1n) is 0.985. The standard InChI is InChI=1S/C2H3OSSi/c1-2(4)3-5/h4H,1H2. The lowest BCUT2D eigenvalue weighted by atomic mass is 11.2. The largest absolute Gasteiger partial charge is 0.537 e. The van der Waals surface area contributed by atoms with Crippen LogP contribution in [0, 0.1) is 0 Å². The second-order valence-corrected chi connectivity index (χ2v) is 1.20. The summed E-state index contributed by atoms with van der Waals surface area (Å²) in [6.45, 7) is 3.27. The number of thiol groups is 1. The monoisotopic (exact) mass is 103 g/mol. The maximum atomic E-state index is 4.23. The second kappa shape index (κ2) is 2.35. The number of hydrogen-bond acceptors (Lipinski definition) is 2. The highest BCUT2D eigenvalue weighted by Gasteiger charge is 1.67. The van der Waals surface area contributed by atoms with Crippen molar-refractivity contribution in [2.75, 3.05) is 0 Å². The molecule has 0 aromatic heterocycles. The van der Waals surface area contributed by atoms with Gasteiger partial charge in [0, 0.05) is 0 Å². The summed E-state index contributed by atoms with van der Waals surface area (Å²) < 4.78 is 4.23. The molecule has 0 aromatic rings. The van der Waals surface area contributed by atoms with Crippen molar-refractivity contribution in [1.29, 1.82) is 0 Å². The zero-order valence-corrected chi connectivity index (χ0v) is 4.46. The molecule has 0 heterocycles. The van der Waals surface area contributed by atoms with Crippen molar-refractivity contribution in [2.45, 2.75) is 0 Å². The van der Waals surface area contributed by atoms with Crippen LogP contribution in [0.5, 0.6) is 0 Å². The molecule has 0 aromatic carbocycles. The Morgan fingerprint density at radius 1 is 2.00 bits per heavy atom. The van der Waals surface area contributed by atoms with Gasteiger partial charge in [0.25, 0.3) is 0 Å².